The van der Waals surface area contributed by atoms with Crippen LogP contribution in [0.15, 0.2) is 6.08 Å². The highest BCUT2D eigenvalue weighted by molar-refractivity contribution is 7.85. The molecule has 0 aliphatic rings. The van der Waals surface area contributed by atoms with Gasteiger partial charge >= 0.3 is 0 Å². The molecular formula is C3H5O3S. The van der Waals surface area contributed by atoms with Crippen LogP contribution in [0.4, 0.5) is 0 Å². The lowest BCUT2D eigenvalue weighted by molar-refractivity contribution is 0.487. The first-order valence-corrected chi connectivity index (χ1v) is 3.16. The minimum absolute atomic E-state index is 0.479. The van der Waals surface area contributed by atoms with Gasteiger partial charge in [-0.15, -0.1) is 0 Å². The quantitative estimate of drug-likeness (QED) is 0.517. The largest absolute Gasteiger partial charge is 0.285 e. The number of hydrogen-bond acceptors (Lipinski definition) is 2. The predicted octanol–water partition coefficient (Wildman–Crippen LogP) is -0.137. The highest BCUT2D eigenvalue weighted by atomic mass is 32.2. The molecule has 0 saturated carbocycles. The zero-order valence-corrected chi connectivity index (χ0v) is 4.35. The van der Waals surface area contributed by atoms with Crippen LogP contribution in [0.5, 0.6) is 0 Å². The molecular weight excluding hydrogens is 116 g/mol. The molecule has 1 N–H and O–H groups in total. The Kier molecular flexibility index (Phi) is 1.98. The Morgan fingerprint density at radius 2 is 2.14 bits per heavy atom. The summed E-state index contributed by atoms with van der Waals surface area (Å²) in [5.74, 6) is -0.479. The lowest BCUT2D eigenvalue weighted by Gasteiger charge is -1.82. The summed E-state index contributed by atoms with van der Waals surface area (Å²) < 4.78 is 27.2. The normalized spacial score (nSPS) is 11.0. The van der Waals surface area contributed by atoms with Gasteiger partial charge in [-0.1, -0.05) is 12.7 Å². The Labute approximate surface area is 42.4 Å². The standard InChI is InChI=1S/C3H5O3S/c1-2-3-7(4,5)6/h1-2H,3H2,(H,4,5,6). The molecule has 3 nitrogen and oxygen atoms in total. The molecule has 0 heterocycles. The number of rotatable bonds is 2. The molecule has 4 heteroatoms. The molecule has 0 aromatic rings. The molecule has 0 aromatic heterocycles. The maximum atomic E-state index is 9.68. The van der Waals surface area contributed by atoms with Crippen molar-refractivity contribution in [3.05, 3.63) is 12.7 Å². The fourth-order valence-electron chi connectivity index (χ4n) is 0.122. The fourth-order valence-corrected chi connectivity index (χ4v) is 0.365. The summed E-state index contributed by atoms with van der Waals surface area (Å²) in [7, 11) is -3.85. The minimum Gasteiger partial charge on any atom is -0.285 e. The second kappa shape index (κ2) is 2.09. The predicted molar refractivity (Wildman–Crippen MR) is 25.3 cm³/mol. The van der Waals surface area contributed by atoms with E-state index in [-0.39, 0.29) is 0 Å². The maximum absolute atomic E-state index is 9.68. The van der Waals surface area contributed by atoms with E-state index in [1.807, 2.05) is 0 Å². The van der Waals surface area contributed by atoms with Crippen molar-refractivity contribution >= 4 is 10.1 Å². The molecule has 0 aromatic carbocycles. The Morgan fingerprint density at radius 3 is 2.14 bits per heavy atom. The SMILES string of the molecule is [CH]=CCS(=O)(=O)O. The van der Waals surface area contributed by atoms with Crippen molar-refractivity contribution in [3.8, 4) is 0 Å². The molecule has 0 amide bonds. The maximum Gasteiger partial charge on any atom is 0.268 e. The van der Waals surface area contributed by atoms with Crippen molar-refractivity contribution in [2.75, 3.05) is 5.75 Å². The molecule has 0 bridgehead atoms. The van der Waals surface area contributed by atoms with Crippen LogP contribution in [0, 0.1) is 6.58 Å². The van der Waals surface area contributed by atoms with Gasteiger partial charge in [-0.25, -0.2) is 0 Å². The average Bonchev–Trinajstić information content (AvgIpc) is 1.30. The van der Waals surface area contributed by atoms with Crippen molar-refractivity contribution in [2.24, 2.45) is 0 Å². The van der Waals surface area contributed by atoms with Gasteiger partial charge in [-0.2, -0.15) is 8.42 Å². The van der Waals surface area contributed by atoms with Crippen LogP contribution in [0.25, 0.3) is 0 Å². The van der Waals surface area contributed by atoms with E-state index in [0.29, 0.717) is 0 Å². The van der Waals surface area contributed by atoms with Crippen LogP contribution in [-0.4, -0.2) is 18.7 Å². The van der Waals surface area contributed by atoms with Crippen LogP contribution in [0.2, 0.25) is 0 Å². The van der Waals surface area contributed by atoms with E-state index in [1.54, 1.807) is 0 Å². The average molecular weight is 121 g/mol. The first-order valence-electron chi connectivity index (χ1n) is 1.55. The zero-order valence-electron chi connectivity index (χ0n) is 3.53. The molecule has 7 heavy (non-hydrogen) atoms. The second-order valence-electron chi connectivity index (χ2n) is 0.984. The molecule has 0 aliphatic heterocycles. The first-order chi connectivity index (χ1) is 3.06. The fraction of sp³-hybridized carbons (Fsp3) is 0.333. The van der Waals surface area contributed by atoms with E-state index in [0.717, 1.165) is 6.08 Å². The Morgan fingerprint density at radius 1 is 1.71 bits per heavy atom. The lowest BCUT2D eigenvalue weighted by atomic mass is 10.8. The van der Waals surface area contributed by atoms with Crippen LogP contribution in [0.3, 0.4) is 0 Å². The highest BCUT2D eigenvalue weighted by Crippen LogP contribution is 1.78. The van der Waals surface area contributed by atoms with E-state index < -0.39 is 15.9 Å². The molecule has 0 rings (SSSR count). The molecule has 0 atom stereocenters. The summed E-state index contributed by atoms with van der Waals surface area (Å²) in [5, 5.41) is 0. The van der Waals surface area contributed by atoms with E-state index >= 15 is 0 Å². The van der Waals surface area contributed by atoms with Gasteiger partial charge in [0.1, 0.15) is 0 Å². The topological polar surface area (TPSA) is 54.4 Å². The van der Waals surface area contributed by atoms with Gasteiger partial charge in [0.25, 0.3) is 10.1 Å². The molecule has 0 saturated heterocycles. The number of hydrogen-bond donors (Lipinski definition) is 1. The van der Waals surface area contributed by atoms with E-state index in [4.69, 9.17) is 4.55 Å². The third-order valence-corrected chi connectivity index (χ3v) is 0.921. The zero-order chi connectivity index (χ0) is 5.91. The Bertz CT molecular complexity index is 144. The molecule has 1 radical (unpaired) electrons. The highest BCUT2D eigenvalue weighted by Gasteiger charge is 1.95. The van der Waals surface area contributed by atoms with Gasteiger partial charge < -0.3 is 0 Å². The molecule has 0 spiro atoms. The molecule has 0 aliphatic carbocycles. The van der Waals surface area contributed by atoms with Gasteiger partial charge in [0.2, 0.25) is 0 Å². The molecule has 41 valence electrons. The lowest BCUT2D eigenvalue weighted by Crippen LogP contribution is -1.99. The smallest absolute Gasteiger partial charge is 0.268 e. The van der Waals surface area contributed by atoms with Crippen molar-refractivity contribution in [1.82, 2.24) is 0 Å². The van der Waals surface area contributed by atoms with Gasteiger partial charge in [0, 0.05) is 0 Å². The first kappa shape index (κ1) is 6.65. The van der Waals surface area contributed by atoms with E-state index in [9.17, 15) is 8.42 Å². The van der Waals surface area contributed by atoms with Gasteiger partial charge in [0.15, 0.2) is 0 Å². The summed E-state index contributed by atoms with van der Waals surface area (Å²) in [4.78, 5) is 0. The molecule has 0 unspecified atom stereocenters. The van der Waals surface area contributed by atoms with Gasteiger partial charge in [-0.3, -0.25) is 4.55 Å². The van der Waals surface area contributed by atoms with Crippen molar-refractivity contribution in [1.29, 1.82) is 0 Å². The van der Waals surface area contributed by atoms with Gasteiger partial charge in [-0.05, 0) is 0 Å². The van der Waals surface area contributed by atoms with E-state index in [1.165, 1.54) is 0 Å². The minimum atomic E-state index is -3.85. The van der Waals surface area contributed by atoms with Crippen LogP contribution < -0.4 is 0 Å². The van der Waals surface area contributed by atoms with Crippen molar-refractivity contribution in [3.63, 3.8) is 0 Å². The summed E-state index contributed by atoms with van der Waals surface area (Å²) in [6.45, 7) is 4.65. The van der Waals surface area contributed by atoms with Crippen LogP contribution in [-0.2, 0) is 10.1 Å². The van der Waals surface area contributed by atoms with Crippen molar-refractivity contribution in [2.45, 2.75) is 0 Å². The molecule has 0 fully saturated rings. The van der Waals surface area contributed by atoms with Gasteiger partial charge in [0.05, 0.1) is 5.75 Å². The van der Waals surface area contributed by atoms with Crippen LogP contribution in [0.1, 0.15) is 0 Å². The van der Waals surface area contributed by atoms with Crippen molar-refractivity contribution < 1.29 is 13.0 Å². The summed E-state index contributed by atoms with van der Waals surface area (Å²) in [5.41, 5.74) is 0. The Balaban J connectivity index is 3.84. The third kappa shape index (κ3) is 5.65. The monoisotopic (exact) mass is 121 g/mol. The second-order valence-corrected chi connectivity index (χ2v) is 2.48. The van der Waals surface area contributed by atoms with E-state index in [2.05, 4.69) is 6.58 Å². The Hall–Kier alpha value is -0.350. The summed E-state index contributed by atoms with van der Waals surface area (Å²) in [6.07, 6.45) is 0.870. The summed E-state index contributed by atoms with van der Waals surface area (Å²) in [6, 6.07) is 0. The van der Waals surface area contributed by atoms with Crippen LogP contribution >= 0.6 is 0 Å². The summed E-state index contributed by atoms with van der Waals surface area (Å²) >= 11 is 0. The third-order valence-electron chi connectivity index (χ3n) is 0.307.